The predicted octanol–water partition coefficient (Wildman–Crippen LogP) is 2.85. The monoisotopic (exact) mass is 464 g/mol. The maximum absolute atomic E-state index is 12.3. The Balaban J connectivity index is 1.95. The summed E-state index contributed by atoms with van der Waals surface area (Å²) in [5.74, 6) is -2.43. The van der Waals surface area contributed by atoms with Crippen LogP contribution in [0.3, 0.4) is 0 Å². The first-order chi connectivity index (χ1) is 15.0. The Hall–Kier alpha value is -4.06. The van der Waals surface area contributed by atoms with E-state index in [0.717, 1.165) is 18.2 Å². The van der Waals surface area contributed by atoms with Gasteiger partial charge in [0.1, 0.15) is 6.04 Å². The molecule has 168 valence electrons. The van der Waals surface area contributed by atoms with Crippen molar-refractivity contribution in [3.05, 3.63) is 73.3 Å². The number of hydrogen-bond donors (Lipinski definition) is 2. The normalized spacial score (nSPS) is 12.2. The smallest absolute Gasteiger partial charge is 0.329 e. The number of rotatable bonds is 8. The molecule has 0 spiro atoms. The highest BCUT2D eigenvalue weighted by molar-refractivity contribution is 6.34. The molecule has 0 saturated heterocycles. The Morgan fingerprint density at radius 3 is 2.22 bits per heavy atom. The van der Waals surface area contributed by atoms with Crippen molar-refractivity contribution in [1.29, 1.82) is 0 Å². The first-order valence-corrected chi connectivity index (χ1v) is 9.38. The summed E-state index contributed by atoms with van der Waals surface area (Å²) in [6, 6.07) is 7.19. The van der Waals surface area contributed by atoms with Crippen LogP contribution in [-0.4, -0.2) is 39.8 Å². The molecule has 2 amide bonds. The van der Waals surface area contributed by atoms with Gasteiger partial charge in [-0.3, -0.25) is 29.8 Å². The molecule has 2 aromatic carbocycles. The van der Waals surface area contributed by atoms with E-state index in [-0.39, 0.29) is 27.6 Å². The van der Waals surface area contributed by atoms with Gasteiger partial charge in [0.2, 0.25) is 0 Å². The van der Waals surface area contributed by atoms with Gasteiger partial charge in [-0.05, 0) is 26.0 Å². The predicted molar refractivity (Wildman–Crippen MR) is 112 cm³/mol. The molecule has 13 heteroatoms. The van der Waals surface area contributed by atoms with E-state index >= 15 is 0 Å². The maximum atomic E-state index is 12.3. The first-order valence-electron chi connectivity index (χ1n) is 9.00. The van der Waals surface area contributed by atoms with Gasteiger partial charge < -0.3 is 15.4 Å². The van der Waals surface area contributed by atoms with Gasteiger partial charge in [0, 0.05) is 29.8 Å². The third-order valence-electron chi connectivity index (χ3n) is 4.10. The summed E-state index contributed by atoms with van der Waals surface area (Å²) in [5.41, 5.74) is -0.501. The largest absolute Gasteiger partial charge is 0.451 e. The molecular weight excluding hydrogens is 448 g/mol. The highest BCUT2D eigenvalue weighted by Gasteiger charge is 2.24. The lowest BCUT2D eigenvalue weighted by Gasteiger charge is -2.18. The first kappa shape index (κ1) is 24.2. The number of benzene rings is 2. The number of nitro groups is 2. The Bertz CT molecular complexity index is 1090. The van der Waals surface area contributed by atoms with Crippen LogP contribution in [0.25, 0.3) is 0 Å². The fourth-order valence-corrected chi connectivity index (χ4v) is 2.60. The number of nitrogens with zero attached hydrogens (tertiary/aromatic N) is 2. The van der Waals surface area contributed by atoms with Crippen molar-refractivity contribution >= 4 is 46.4 Å². The lowest BCUT2D eigenvalue weighted by Crippen LogP contribution is -2.42. The summed E-state index contributed by atoms with van der Waals surface area (Å²) < 4.78 is 5.02. The Labute approximate surface area is 185 Å². The van der Waals surface area contributed by atoms with Crippen LogP contribution in [0.5, 0.6) is 0 Å². The van der Waals surface area contributed by atoms with E-state index in [1.807, 2.05) is 0 Å². The van der Waals surface area contributed by atoms with Crippen molar-refractivity contribution < 1.29 is 29.0 Å². The Morgan fingerprint density at radius 2 is 1.62 bits per heavy atom. The van der Waals surface area contributed by atoms with E-state index < -0.39 is 39.8 Å². The van der Waals surface area contributed by atoms with Crippen LogP contribution >= 0.6 is 11.6 Å². The third-order valence-corrected chi connectivity index (χ3v) is 4.42. The van der Waals surface area contributed by atoms with E-state index in [4.69, 9.17) is 16.3 Å². The number of non-ortho nitro benzene ring substituents is 2. The minimum atomic E-state index is -1.29. The van der Waals surface area contributed by atoms with E-state index in [2.05, 4.69) is 10.6 Å². The van der Waals surface area contributed by atoms with Crippen LogP contribution < -0.4 is 10.6 Å². The summed E-state index contributed by atoms with van der Waals surface area (Å²) >= 11 is 5.91. The number of nitrogens with one attached hydrogen (secondary N) is 2. The molecule has 0 aromatic heterocycles. The molecular formula is C19H17ClN4O8. The second-order valence-electron chi connectivity index (χ2n) is 6.49. The van der Waals surface area contributed by atoms with Gasteiger partial charge in [-0.15, -0.1) is 0 Å². The van der Waals surface area contributed by atoms with E-state index in [1.54, 1.807) is 0 Å². The average molecular weight is 465 g/mol. The van der Waals surface area contributed by atoms with E-state index in [9.17, 15) is 34.6 Å². The van der Waals surface area contributed by atoms with Crippen molar-refractivity contribution in [1.82, 2.24) is 5.32 Å². The van der Waals surface area contributed by atoms with Crippen LogP contribution in [0.1, 0.15) is 24.2 Å². The molecule has 12 nitrogen and oxygen atoms in total. The second-order valence-corrected chi connectivity index (χ2v) is 6.90. The molecule has 2 rings (SSSR count). The molecule has 2 atom stereocenters. The van der Waals surface area contributed by atoms with Crippen molar-refractivity contribution in [3.63, 3.8) is 0 Å². The van der Waals surface area contributed by atoms with E-state index in [0.29, 0.717) is 0 Å². The molecule has 0 bridgehead atoms. The average Bonchev–Trinajstić information content (AvgIpc) is 2.74. The SMILES string of the molecule is CC(OC(=O)[C@H](C)NC(=O)c1cccc([N+](=O)[O-])c1)C(=O)Nc1ccc([N+](=O)[O-])cc1Cl. The topological polar surface area (TPSA) is 171 Å². The third kappa shape index (κ3) is 6.22. The van der Waals surface area contributed by atoms with Crippen LogP contribution in [0.15, 0.2) is 42.5 Å². The molecule has 0 aliphatic rings. The second kappa shape index (κ2) is 10.3. The van der Waals surface area contributed by atoms with Gasteiger partial charge in [0.05, 0.1) is 20.6 Å². The molecule has 0 aliphatic carbocycles. The van der Waals surface area contributed by atoms with Crippen LogP contribution in [0, 0.1) is 20.2 Å². The molecule has 32 heavy (non-hydrogen) atoms. The maximum Gasteiger partial charge on any atom is 0.329 e. The number of nitro benzene ring substituents is 2. The number of hydrogen-bond acceptors (Lipinski definition) is 8. The van der Waals surface area contributed by atoms with Crippen LogP contribution in [0.2, 0.25) is 5.02 Å². The molecule has 0 radical (unpaired) electrons. The van der Waals surface area contributed by atoms with Crippen molar-refractivity contribution in [2.75, 3.05) is 5.32 Å². The summed E-state index contributed by atoms with van der Waals surface area (Å²) in [4.78, 5) is 56.9. The standard InChI is InChI=1S/C19H17ClN4O8/c1-10(21-18(26)12-4-3-5-13(8-12)23(28)29)19(27)32-11(2)17(25)22-16-7-6-14(24(30)31)9-15(16)20/h3-11H,1-2H3,(H,21,26)(H,22,25)/t10-,11?/m0/s1. The fraction of sp³-hybridized carbons (Fsp3) is 0.211. The zero-order valence-electron chi connectivity index (χ0n) is 16.7. The number of halogens is 1. The zero-order chi connectivity index (χ0) is 24.0. The number of esters is 1. The van der Waals surface area contributed by atoms with Crippen molar-refractivity contribution in [2.45, 2.75) is 26.0 Å². The van der Waals surface area contributed by atoms with Gasteiger partial charge in [0.15, 0.2) is 6.10 Å². The molecule has 0 heterocycles. The molecule has 0 fully saturated rings. The highest BCUT2D eigenvalue weighted by atomic mass is 35.5. The molecule has 2 N–H and O–H groups in total. The van der Waals surface area contributed by atoms with Crippen LogP contribution in [0.4, 0.5) is 17.1 Å². The van der Waals surface area contributed by atoms with Gasteiger partial charge in [-0.25, -0.2) is 4.79 Å². The molecule has 1 unspecified atom stereocenters. The molecule has 2 aromatic rings. The van der Waals surface area contributed by atoms with Crippen molar-refractivity contribution in [3.8, 4) is 0 Å². The zero-order valence-corrected chi connectivity index (χ0v) is 17.5. The molecule has 0 aliphatic heterocycles. The minimum Gasteiger partial charge on any atom is -0.451 e. The number of anilines is 1. The van der Waals surface area contributed by atoms with Gasteiger partial charge >= 0.3 is 5.97 Å². The number of carbonyl (C=O) groups is 3. The lowest BCUT2D eigenvalue weighted by molar-refractivity contribution is -0.385. The highest BCUT2D eigenvalue weighted by Crippen LogP contribution is 2.26. The minimum absolute atomic E-state index is 0.0301. The fourth-order valence-electron chi connectivity index (χ4n) is 2.38. The van der Waals surface area contributed by atoms with Crippen molar-refractivity contribution in [2.24, 2.45) is 0 Å². The summed E-state index contributed by atoms with van der Waals surface area (Å²) in [6.07, 6.45) is -1.29. The van der Waals surface area contributed by atoms with E-state index in [1.165, 1.54) is 38.1 Å². The number of amides is 2. The Kier molecular flexibility index (Phi) is 7.80. The lowest BCUT2D eigenvalue weighted by atomic mass is 10.2. The molecule has 0 saturated carbocycles. The summed E-state index contributed by atoms with van der Waals surface area (Å²) in [6.45, 7) is 2.59. The van der Waals surface area contributed by atoms with Gasteiger partial charge in [-0.1, -0.05) is 17.7 Å². The number of ether oxygens (including phenoxy) is 1. The Morgan fingerprint density at radius 1 is 1.00 bits per heavy atom. The number of carbonyl (C=O) groups excluding carboxylic acids is 3. The summed E-state index contributed by atoms with van der Waals surface area (Å²) in [7, 11) is 0. The van der Waals surface area contributed by atoms with Gasteiger partial charge in [0.25, 0.3) is 23.2 Å². The van der Waals surface area contributed by atoms with Crippen LogP contribution in [-0.2, 0) is 14.3 Å². The quantitative estimate of drug-likeness (QED) is 0.341. The summed E-state index contributed by atoms with van der Waals surface area (Å²) in [5, 5.41) is 26.2. The van der Waals surface area contributed by atoms with Gasteiger partial charge in [-0.2, -0.15) is 0 Å².